The number of pyridine rings is 1. The molecular weight excluding hydrogens is 434 g/mol. The average Bonchev–Trinajstić information content (AvgIpc) is 3.40. The van der Waals surface area contributed by atoms with Crippen LogP contribution in [0.3, 0.4) is 0 Å². The van der Waals surface area contributed by atoms with E-state index in [0.717, 1.165) is 65.5 Å². The molecule has 0 spiro atoms. The second kappa shape index (κ2) is 10.4. The Labute approximate surface area is 197 Å². The van der Waals surface area contributed by atoms with Crippen LogP contribution in [-0.2, 0) is 0 Å². The van der Waals surface area contributed by atoms with Crippen molar-refractivity contribution in [3.05, 3.63) is 60.1 Å². The normalized spacial score (nSPS) is 17.7. The zero-order valence-corrected chi connectivity index (χ0v) is 19.4. The molecule has 2 atom stereocenters. The van der Waals surface area contributed by atoms with E-state index in [4.69, 9.17) is 9.26 Å². The molecule has 4 heterocycles. The predicted octanol–water partition coefficient (Wildman–Crippen LogP) is 5.78. The van der Waals surface area contributed by atoms with Gasteiger partial charge in [0.15, 0.2) is 5.58 Å². The number of ether oxygens (including phenoxy) is 1. The van der Waals surface area contributed by atoms with Crippen LogP contribution in [0.2, 0.25) is 0 Å². The van der Waals surface area contributed by atoms with E-state index in [1.165, 1.54) is 12.8 Å². The van der Waals surface area contributed by atoms with Gasteiger partial charge >= 0.3 is 0 Å². The van der Waals surface area contributed by atoms with Gasteiger partial charge in [-0.15, -0.1) is 11.3 Å². The summed E-state index contributed by atoms with van der Waals surface area (Å²) in [5, 5.41) is 16.7. The highest BCUT2D eigenvalue weighted by molar-refractivity contribution is 7.17. The number of benzene rings is 1. The van der Waals surface area contributed by atoms with E-state index < -0.39 is 6.10 Å². The van der Waals surface area contributed by atoms with Crippen molar-refractivity contribution in [2.45, 2.75) is 38.2 Å². The molecule has 5 rings (SSSR count). The van der Waals surface area contributed by atoms with Crippen LogP contribution < -0.4 is 9.64 Å². The fraction of sp³-hybridized carbons (Fsp3) is 0.385. The molecule has 0 bridgehead atoms. The molecule has 0 aliphatic carbocycles. The van der Waals surface area contributed by atoms with Gasteiger partial charge in [-0.1, -0.05) is 23.4 Å². The third-order valence-corrected chi connectivity index (χ3v) is 7.26. The Bertz CT molecular complexity index is 1160. The minimum Gasteiger partial charge on any atom is -0.491 e. The van der Waals surface area contributed by atoms with Crippen molar-refractivity contribution < 1.29 is 14.4 Å². The van der Waals surface area contributed by atoms with Gasteiger partial charge in [-0.25, -0.2) is 4.98 Å². The maximum absolute atomic E-state index is 10.5. The molecule has 1 aliphatic rings. The second-order valence-corrected chi connectivity index (χ2v) is 9.60. The fourth-order valence-electron chi connectivity index (χ4n) is 4.52. The molecule has 0 saturated carbocycles. The molecule has 1 aliphatic heterocycles. The Morgan fingerprint density at radius 3 is 3.03 bits per heavy atom. The van der Waals surface area contributed by atoms with Gasteiger partial charge in [0.05, 0.1) is 6.10 Å². The summed E-state index contributed by atoms with van der Waals surface area (Å²) in [5.41, 5.74) is 2.59. The number of hydrogen-bond donors (Lipinski definition) is 1. The lowest BCUT2D eigenvalue weighted by atomic mass is 9.94. The van der Waals surface area contributed by atoms with Crippen molar-refractivity contribution in [3.63, 3.8) is 0 Å². The third-order valence-electron chi connectivity index (χ3n) is 6.36. The first-order valence-electron chi connectivity index (χ1n) is 11.7. The summed E-state index contributed by atoms with van der Waals surface area (Å²) >= 11 is 1.62. The van der Waals surface area contributed by atoms with E-state index in [2.05, 4.69) is 21.1 Å². The maximum atomic E-state index is 10.5. The number of anilines is 1. The lowest BCUT2D eigenvalue weighted by molar-refractivity contribution is 0.0930. The van der Waals surface area contributed by atoms with Crippen molar-refractivity contribution in [3.8, 4) is 17.0 Å². The lowest BCUT2D eigenvalue weighted by Crippen LogP contribution is -2.25. The SMILES string of the molecule is O[C@H](CCC1CCCN(c2ccccn2)CC1)COc1cccc(-c2noc3ccsc23)c1. The standard InChI is InChI=1S/C26H29N3O3S/c30-21(10-9-19-5-4-14-29(15-11-19)24-8-1-2-13-27-24)18-31-22-7-3-6-20(17-22)25-26-23(32-28-25)12-16-33-26/h1-3,6-8,12-13,16-17,19,21,30H,4-5,9-11,14-15,18H2/t19?,21-/m1/s1. The van der Waals surface area contributed by atoms with Crippen LogP contribution in [0.4, 0.5) is 5.82 Å². The van der Waals surface area contributed by atoms with Gasteiger partial charge in [0, 0.05) is 24.8 Å². The summed E-state index contributed by atoms with van der Waals surface area (Å²) in [6.45, 7) is 2.38. The number of thiophene rings is 1. The first-order chi connectivity index (χ1) is 16.3. The van der Waals surface area contributed by atoms with Crippen molar-refractivity contribution >= 4 is 27.4 Å². The molecule has 6 nitrogen and oxygen atoms in total. The summed E-state index contributed by atoms with van der Waals surface area (Å²) in [5.74, 6) is 2.44. The number of hydrogen-bond acceptors (Lipinski definition) is 7. The van der Waals surface area contributed by atoms with Gasteiger partial charge in [0.1, 0.15) is 28.6 Å². The van der Waals surface area contributed by atoms with Gasteiger partial charge in [-0.05, 0) is 73.7 Å². The zero-order valence-electron chi connectivity index (χ0n) is 18.6. The highest BCUT2D eigenvalue weighted by atomic mass is 32.1. The van der Waals surface area contributed by atoms with Crippen LogP contribution in [-0.4, -0.2) is 41.0 Å². The highest BCUT2D eigenvalue weighted by Gasteiger charge is 2.19. The number of rotatable bonds is 8. The minimum absolute atomic E-state index is 0.295. The van der Waals surface area contributed by atoms with Gasteiger partial charge in [0.2, 0.25) is 0 Å². The van der Waals surface area contributed by atoms with Crippen LogP contribution in [0.5, 0.6) is 5.75 Å². The molecule has 1 fully saturated rings. The van der Waals surface area contributed by atoms with Gasteiger partial charge in [-0.3, -0.25) is 0 Å². The fourth-order valence-corrected chi connectivity index (χ4v) is 5.34. The van der Waals surface area contributed by atoms with Crippen LogP contribution in [0, 0.1) is 5.92 Å². The molecule has 1 aromatic carbocycles. The van der Waals surface area contributed by atoms with Crippen LogP contribution in [0.15, 0.2) is 64.6 Å². The predicted molar refractivity (Wildman–Crippen MR) is 132 cm³/mol. The average molecular weight is 464 g/mol. The van der Waals surface area contributed by atoms with E-state index in [9.17, 15) is 5.11 Å². The van der Waals surface area contributed by atoms with E-state index >= 15 is 0 Å². The quantitative estimate of drug-likeness (QED) is 0.357. The van der Waals surface area contributed by atoms with Crippen LogP contribution in [0.25, 0.3) is 21.5 Å². The Kier molecular flexibility index (Phi) is 6.88. The maximum Gasteiger partial charge on any atom is 0.178 e. The molecule has 0 radical (unpaired) electrons. The summed E-state index contributed by atoms with van der Waals surface area (Å²) in [6, 6.07) is 15.8. The second-order valence-electron chi connectivity index (χ2n) is 8.69. The molecule has 3 aromatic heterocycles. The van der Waals surface area contributed by atoms with E-state index in [-0.39, 0.29) is 0 Å². The van der Waals surface area contributed by atoms with E-state index in [1.54, 1.807) is 11.3 Å². The topological polar surface area (TPSA) is 71.6 Å². The molecule has 0 amide bonds. The van der Waals surface area contributed by atoms with Gasteiger partial charge in [-0.2, -0.15) is 0 Å². The van der Waals surface area contributed by atoms with Crippen LogP contribution >= 0.6 is 11.3 Å². The van der Waals surface area contributed by atoms with Gasteiger partial charge < -0.3 is 19.3 Å². The molecule has 7 heteroatoms. The number of fused-ring (bicyclic) bond motifs is 1. The Morgan fingerprint density at radius 2 is 2.12 bits per heavy atom. The van der Waals surface area contributed by atoms with E-state index in [1.807, 2.05) is 54.0 Å². The molecule has 4 aromatic rings. The zero-order chi connectivity index (χ0) is 22.5. The van der Waals surface area contributed by atoms with Crippen molar-refractivity contribution in [2.24, 2.45) is 5.92 Å². The minimum atomic E-state index is -0.472. The van der Waals surface area contributed by atoms with E-state index in [0.29, 0.717) is 12.5 Å². The van der Waals surface area contributed by atoms with Crippen molar-refractivity contribution in [1.29, 1.82) is 0 Å². The van der Waals surface area contributed by atoms with Crippen molar-refractivity contribution in [2.75, 3.05) is 24.6 Å². The number of aromatic nitrogens is 2. The Balaban J connectivity index is 1.10. The first kappa shape index (κ1) is 21.9. The molecule has 172 valence electrons. The summed E-state index contributed by atoms with van der Waals surface area (Å²) < 4.78 is 12.3. The third kappa shape index (κ3) is 5.37. The lowest BCUT2D eigenvalue weighted by Gasteiger charge is -2.21. The molecule has 33 heavy (non-hydrogen) atoms. The van der Waals surface area contributed by atoms with Crippen LogP contribution in [0.1, 0.15) is 32.1 Å². The first-order valence-corrected chi connectivity index (χ1v) is 12.5. The molecular formula is C26H29N3O3S. The summed E-state index contributed by atoms with van der Waals surface area (Å²) in [4.78, 5) is 6.87. The molecule has 1 N–H and O–H groups in total. The Morgan fingerprint density at radius 1 is 1.15 bits per heavy atom. The number of aliphatic hydroxyl groups is 1. The largest absolute Gasteiger partial charge is 0.491 e. The highest BCUT2D eigenvalue weighted by Crippen LogP contribution is 2.33. The molecule has 1 saturated heterocycles. The summed E-state index contributed by atoms with van der Waals surface area (Å²) in [7, 11) is 0. The Hall–Kier alpha value is -2.90. The van der Waals surface area contributed by atoms with Gasteiger partial charge in [0.25, 0.3) is 0 Å². The monoisotopic (exact) mass is 463 g/mol. The molecule has 1 unspecified atom stereocenters. The number of nitrogens with zero attached hydrogens (tertiary/aromatic N) is 3. The number of aliphatic hydroxyl groups excluding tert-OH is 1. The summed E-state index contributed by atoms with van der Waals surface area (Å²) in [6.07, 6.45) is 6.68. The smallest absolute Gasteiger partial charge is 0.178 e. The van der Waals surface area contributed by atoms with Crippen molar-refractivity contribution in [1.82, 2.24) is 10.1 Å².